The first-order chi connectivity index (χ1) is 2.77. The Kier molecular flexibility index (Phi) is 3.14. The van der Waals surface area contributed by atoms with E-state index in [1.165, 1.54) is 0 Å². The molecule has 0 aliphatic carbocycles. The van der Waals surface area contributed by atoms with Gasteiger partial charge in [0.15, 0.2) is 0 Å². The number of nitrogens with one attached hydrogen (secondary N) is 1. The molecular formula is C5H12N. The molecule has 0 spiro atoms. The second-order valence-corrected chi connectivity index (χ2v) is 1.61. The average Bonchev–Trinajstić information content (AvgIpc) is 1.35. The summed E-state index contributed by atoms with van der Waals surface area (Å²) >= 11 is 0. The molecule has 0 amide bonds. The quantitative estimate of drug-likeness (QED) is 0.532. The third-order valence-corrected chi connectivity index (χ3v) is 0.500. The molecule has 1 nitrogen and oxygen atoms in total. The summed E-state index contributed by atoms with van der Waals surface area (Å²) < 4.78 is 0. The summed E-state index contributed by atoms with van der Waals surface area (Å²) in [7, 11) is 0. The van der Waals surface area contributed by atoms with Crippen molar-refractivity contribution in [3.8, 4) is 0 Å². The van der Waals surface area contributed by atoms with Gasteiger partial charge in [0.05, 0.1) is 0 Å². The minimum atomic E-state index is 0.593. The highest BCUT2D eigenvalue weighted by Crippen LogP contribution is 1.74. The summed E-state index contributed by atoms with van der Waals surface area (Å²) in [6, 6.07) is 0.593. The Morgan fingerprint density at radius 1 is 1.50 bits per heavy atom. The molecule has 0 aliphatic rings. The molecule has 0 aromatic heterocycles. The van der Waals surface area contributed by atoms with Crippen molar-refractivity contribution in [3.05, 3.63) is 6.54 Å². The molecule has 0 saturated heterocycles. The highest BCUT2D eigenvalue weighted by Gasteiger charge is 1.82. The van der Waals surface area contributed by atoms with Crippen LogP contribution in [0.25, 0.3) is 0 Å². The van der Waals surface area contributed by atoms with Crippen LogP contribution in [0.1, 0.15) is 20.8 Å². The van der Waals surface area contributed by atoms with Crippen molar-refractivity contribution in [2.45, 2.75) is 26.8 Å². The van der Waals surface area contributed by atoms with Crippen molar-refractivity contribution in [1.82, 2.24) is 5.32 Å². The lowest BCUT2D eigenvalue weighted by Crippen LogP contribution is -2.17. The maximum atomic E-state index is 3.08. The minimum Gasteiger partial charge on any atom is -0.311 e. The summed E-state index contributed by atoms with van der Waals surface area (Å²) in [5.74, 6) is 0. The largest absolute Gasteiger partial charge is 0.311 e. The molecule has 0 fully saturated rings. The van der Waals surface area contributed by atoms with Gasteiger partial charge < -0.3 is 5.32 Å². The molecule has 0 aromatic carbocycles. The van der Waals surface area contributed by atoms with E-state index in [9.17, 15) is 0 Å². The van der Waals surface area contributed by atoms with Crippen molar-refractivity contribution < 1.29 is 0 Å². The first-order valence-corrected chi connectivity index (χ1v) is 2.31. The van der Waals surface area contributed by atoms with Crippen molar-refractivity contribution in [3.63, 3.8) is 0 Å². The van der Waals surface area contributed by atoms with Gasteiger partial charge in [-0.2, -0.15) is 0 Å². The topological polar surface area (TPSA) is 12.0 Å². The Balaban J connectivity index is 2.63. The van der Waals surface area contributed by atoms with E-state index < -0.39 is 0 Å². The number of hydrogen-bond donors (Lipinski definition) is 1. The number of hydrogen-bond acceptors (Lipinski definition) is 1. The lowest BCUT2D eigenvalue weighted by atomic mass is 10.4. The normalized spacial score (nSPS) is 10.0. The molecule has 0 aromatic rings. The van der Waals surface area contributed by atoms with E-state index in [4.69, 9.17) is 0 Å². The van der Waals surface area contributed by atoms with Crippen molar-refractivity contribution in [2.24, 2.45) is 0 Å². The molecule has 0 heterocycles. The van der Waals surface area contributed by atoms with Crippen LogP contribution >= 0.6 is 0 Å². The van der Waals surface area contributed by atoms with Crippen LogP contribution in [0.2, 0.25) is 0 Å². The van der Waals surface area contributed by atoms with Crippen LogP contribution < -0.4 is 5.32 Å². The lowest BCUT2D eigenvalue weighted by Gasteiger charge is -2.00. The van der Waals surface area contributed by atoms with E-state index in [0.717, 1.165) is 0 Å². The predicted molar refractivity (Wildman–Crippen MR) is 28.2 cm³/mol. The summed E-state index contributed by atoms with van der Waals surface area (Å²) in [5, 5.41) is 3.08. The summed E-state index contributed by atoms with van der Waals surface area (Å²) in [5.41, 5.74) is 0. The third kappa shape index (κ3) is 3.96. The fraction of sp³-hybridized carbons (Fsp3) is 0.800. The third-order valence-electron chi connectivity index (χ3n) is 0.500. The van der Waals surface area contributed by atoms with Gasteiger partial charge in [0.25, 0.3) is 0 Å². The molecule has 0 saturated carbocycles. The second-order valence-electron chi connectivity index (χ2n) is 1.61. The molecule has 0 rings (SSSR count). The number of rotatable bonds is 2. The van der Waals surface area contributed by atoms with Crippen LogP contribution in [0, 0.1) is 6.54 Å². The van der Waals surface area contributed by atoms with Crippen LogP contribution in [-0.2, 0) is 0 Å². The van der Waals surface area contributed by atoms with Gasteiger partial charge >= 0.3 is 0 Å². The Labute approximate surface area is 39.7 Å². The van der Waals surface area contributed by atoms with Crippen LogP contribution in [0.5, 0.6) is 0 Å². The molecule has 37 valence electrons. The fourth-order valence-electron chi connectivity index (χ4n) is 0.333. The molecule has 6 heavy (non-hydrogen) atoms. The zero-order chi connectivity index (χ0) is 4.99. The standard InChI is InChI=1S/C5H12N/c1-4-6-5(2)3/h4-6H,1-3H3. The molecule has 1 heteroatoms. The maximum Gasteiger partial charge on any atom is 0.0192 e. The zero-order valence-corrected chi connectivity index (χ0v) is 4.65. The Hall–Kier alpha value is -0.0400. The first-order valence-electron chi connectivity index (χ1n) is 2.31. The fourth-order valence-corrected chi connectivity index (χ4v) is 0.333. The van der Waals surface area contributed by atoms with Crippen LogP contribution in [0.15, 0.2) is 0 Å². The zero-order valence-electron chi connectivity index (χ0n) is 4.65. The highest BCUT2D eigenvalue weighted by atomic mass is 14.9. The van der Waals surface area contributed by atoms with E-state index in [-0.39, 0.29) is 0 Å². The Morgan fingerprint density at radius 2 is 2.00 bits per heavy atom. The van der Waals surface area contributed by atoms with Gasteiger partial charge in [0.2, 0.25) is 0 Å². The molecule has 0 aliphatic heterocycles. The molecule has 1 N–H and O–H groups in total. The van der Waals surface area contributed by atoms with E-state index in [1.54, 1.807) is 0 Å². The van der Waals surface area contributed by atoms with Gasteiger partial charge in [-0.1, -0.05) is 13.8 Å². The van der Waals surface area contributed by atoms with Gasteiger partial charge in [-0.15, -0.1) is 0 Å². The summed E-state index contributed by atoms with van der Waals surface area (Å²) in [6.07, 6.45) is 0. The molecular weight excluding hydrogens is 74.1 g/mol. The smallest absolute Gasteiger partial charge is 0.0192 e. The Morgan fingerprint density at radius 3 is 2.00 bits per heavy atom. The van der Waals surface area contributed by atoms with E-state index >= 15 is 0 Å². The predicted octanol–water partition coefficient (Wildman–Crippen LogP) is 1.17. The molecule has 0 unspecified atom stereocenters. The molecule has 0 bridgehead atoms. The Bertz CT molecular complexity index is 25.1. The van der Waals surface area contributed by atoms with E-state index in [1.807, 2.05) is 13.5 Å². The van der Waals surface area contributed by atoms with E-state index in [2.05, 4.69) is 19.2 Å². The van der Waals surface area contributed by atoms with Crippen molar-refractivity contribution >= 4 is 0 Å². The van der Waals surface area contributed by atoms with Gasteiger partial charge in [-0.05, 0) is 6.92 Å². The van der Waals surface area contributed by atoms with Crippen LogP contribution in [0.3, 0.4) is 0 Å². The average molecular weight is 86.2 g/mol. The SMILES string of the molecule is C[CH]NC(C)C. The van der Waals surface area contributed by atoms with Gasteiger partial charge in [0, 0.05) is 12.6 Å². The second kappa shape index (κ2) is 3.16. The molecule has 1 radical (unpaired) electrons. The minimum absolute atomic E-state index is 0.593. The van der Waals surface area contributed by atoms with Gasteiger partial charge in [0.1, 0.15) is 0 Å². The van der Waals surface area contributed by atoms with Gasteiger partial charge in [-0.25, -0.2) is 0 Å². The van der Waals surface area contributed by atoms with Gasteiger partial charge in [-0.3, -0.25) is 0 Å². The first kappa shape index (κ1) is 5.96. The van der Waals surface area contributed by atoms with Crippen molar-refractivity contribution in [2.75, 3.05) is 0 Å². The highest BCUT2D eigenvalue weighted by molar-refractivity contribution is 4.56. The van der Waals surface area contributed by atoms with Crippen molar-refractivity contribution in [1.29, 1.82) is 0 Å². The lowest BCUT2D eigenvalue weighted by molar-refractivity contribution is 0.664. The molecule has 0 atom stereocenters. The summed E-state index contributed by atoms with van der Waals surface area (Å²) in [6.45, 7) is 8.16. The van der Waals surface area contributed by atoms with Crippen LogP contribution in [-0.4, -0.2) is 6.04 Å². The monoisotopic (exact) mass is 86.1 g/mol. The maximum absolute atomic E-state index is 3.08. The van der Waals surface area contributed by atoms with Crippen LogP contribution in [0.4, 0.5) is 0 Å². The summed E-state index contributed by atoms with van der Waals surface area (Å²) in [4.78, 5) is 0. The van der Waals surface area contributed by atoms with E-state index in [0.29, 0.717) is 6.04 Å².